The number of nitrogens with one attached hydrogen (secondary N) is 1. The minimum Gasteiger partial charge on any atom is -0.497 e. The van der Waals surface area contributed by atoms with Gasteiger partial charge >= 0.3 is 0 Å². The standard InChI is InChI=1S/C21H15N3O2/c1-26-12-9-10-17-18(11-12)23-21(22-17)16-8-4-7-15-19(16)13-5-2-3-6-14(13)20(15)24-25/h2-11,20H,1H3,(H,22,23). The maximum atomic E-state index is 11.5. The molecule has 1 aliphatic rings. The predicted octanol–water partition coefficient (Wildman–Crippen LogP) is 5.07. The number of nitroso groups, excluding NO2 is 1. The van der Waals surface area contributed by atoms with Gasteiger partial charge in [0.05, 0.1) is 18.1 Å². The minimum atomic E-state index is -0.467. The molecule has 4 aromatic rings. The Balaban J connectivity index is 1.76. The molecular weight excluding hydrogens is 326 g/mol. The molecule has 0 amide bonds. The van der Waals surface area contributed by atoms with E-state index in [9.17, 15) is 4.91 Å². The number of benzene rings is 3. The van der Waals surface area contributed by atoms with Gasteiger partial charge in [-0.25, -0.2) is 4.98 Å². The van der Waals surface area contributed by atoms with Crippen LogP contribution in [0.4, 0.5) is 0 Å². The van der Waals surface area contributed by atoms with Gasteiger partial charge in [-0.2, -0.15) is 0 Å². The van der Waals surface area contributed by atoms with Crippen LogP contribution in [-0.2, 0) is 0 Å². The molecule has 0 saturated carbocycles. The van der Waals surface area contributed by atoms with Gasteiger partial charge in [0.25, 0.3) is 0 Å². The molecule has 26 heavy (non-hydrogen) atoms. The van der Waals surface area contributed by atoms with Gasteiger partial charge in [0.1, 0.15) is 17.6 Å². The summed E-state index contributed by atoms with van der Waals surface area (Å²) in [6.07, 6.45) is 0. The molecule has 5 rings (SSSR count). The molecule has 3 aromatic carbocycles. The molecule has 0 radical (unpaired) electrons. The molecule has 0 saturated heterocycles. The Kier molecular flexibility index (Phi) is 3.15. The summed E-state index contributed by atoms with van der Waals surface area (Å²) in [5.41, 5.74) is 6.69. The van der Waals surface area contributed by atoms with Crippen LogP contribution < -0.4 is 4.74 Å². The second kappa shape index (κ2) is 5.52. The third-order valence-electron chi connectivity index (χ3n) is 4.97. The van der Waals surface area contributed by atoms with Gasteiger partial charge in [-0.05, 0) is 34.4 Å². The quantitative estimate of drug-likeness (QED) is 0.529. The monoisotopic (exact) mass is 341 g/mol. The fourth-order valence-corrected chi connectivity index (χ4v) is 3.78. The van der Waals surface area contributed by atoms with Crippen LogP contribution >= 0.6 is 0 Å². The number of aromatic nitrogens is 2. The van der Waals surface area contributed by atoms with Gasteiger partial charge in [0.2, 0.25) is 0 Å². The van der Waals surface area contributed by atoms with Crippen molar-refractivity contribution in [3.63, 3.8) is 0 Å². The number of aromatic amines is 1. The van der Waals surface area contributed by atoms with Gasteiger partial charge < -0.3 is 9.72 Å². The molecule has 0 spiro atoms. The molecular formula is C21H15N3O2. The third kappa shape index (κ3) is 2.00. The summed E-state index contributed by atoms with van der Waals surface area (Å²) < 4.78 is 5.29. The van der Waals surface area contributed by atoms with Crippen molar-refractivity contribution in [2.24, 2.45) is 5.18 Å². The summed E-state index contributed by atoms with van der Waals surface area (Å²) in [5.74, 6) is 1.55. The van der Waals surface area contributed by atoms with Crippen LogP contribution in [0.25, 0.3) is 33.5 Å². The Morgan fingerprint density at radius 3 is 2.65 bits per heavy atom. The molecule has 0 bridgehead atoms. The number of hydrogen-bond acceptors (Lipinski definition) is 4. The highest BCUT2D eigenvalue weighted by Crippen LogP contribution is 2.49. The number of methoxy groups -OCH3 is 1. The number of ether oxygens (including phenoxy) is 1. The zero-order valence-electron chi connectivity index (χ0n) is 14.1. The van der Waals surface area contributed by atoms with Crippen molar-refractivity contribution in [3.8, 4) is 28.3 Å². The van der Waals surface area contributed by atoms with Crippen molar-refractivity contribution in [1.82, 2.24) is 9.97 Å². The molecule has 1 aromatic heterocycles. The van der Waals surface area contributed by atoms with E-state index < -0.39 is 6.04 Å². The Bertz CT molecular complexity index is 1160. The van der Waals surface area contributed by atoms with E-state index in [0.717, 1.165) is 50.4 Å². The lowest BCUT2D eigenvalue weighted by Gasteiger charge is -2.07. The molecule has 0 aliphatic heterocycles. The third-order valence-corrected chi connectivity index (χ3v) is 4.97. The maximum Gasteiger partial charge on any atom is 0.143 e. The van der Waals surface area contributed by atoms with Crippen LogP contribution in [0, 0.1) is 4.91 Å². The van der Waals surface area contributed by atoms with Gasteiger partial charge in [0.15, 0.2) is 0 Å². The smallest absolute Gasteiger partial charge is 0.143 e. The minimum absolute atomic E-state index is 0.467. The SMILES string of the molecule is COc1ccc2nc(-c3cccc4c3-c3ccccc3C4N=O)[nH]c2c1. The van der Waals surface area contributed by atoms with E-state index in [-0.39, 0.29) is 0 Å². The fraction of sp³-hybridized carbons (Fsp3) is 0.0952. The molecule has 0 fully saturated rings. The molecule has 5 heteroatoms. The number of rotatable bonds is 3. The molecule has 5 nitrogen and oxygen atoms in total. The molecule has 1 unspecified atom stereocenters. The van der Waals surface area contributed by atoms with E-state index in [0.29, 0.717) is 0 Å². The average Bonchev–Trinajstić information content (AvgIpc) is 3.25. The van der Waals surface area contributed by atoms with E-state index in [1.807, 2.05) is 60.7 Å². The van der Waals surface area contributed by atoms with Crippen molar-refractivity contribution in [2.75, 3.05) is 7.11 Å². The predicted molar refractivity (Wildman–Crippen MR) is 101 cm³/mol. The highest BCUT2D eigenvalue weighted by molar-refractivity contribution is 5.92. The van der Waals surface area contributed by atoms with Crippen molar-refractivity contribution >= 4 is 11.0 Å². The summed E-state index contributed by atoms with van der Waals surface area (Å²) in [6.45, 7) is 0. The normalized spacial score (nSPS) is 14.9. The Morgan fingerprint density at radius 1 is 1.00 bits per heavy atom. The first-order valence-electron chi connectivity index (χ1n) is 8.39. The lowest BCUT2D eigenvalue weighted by Crippen LogP contribution is -1.91. The van der Waals surface area contributed by atoms with E-state index in [2.05, 4.69) is 10.2 Å². The van der Waals surface area contributed by atoms with E-state index >= 15 is 0 Å². The number of H-pyrrole nitrogens is 1. The zero-order chi connectivity index (χ0) is 17.7. The van der Waals surface area contributed by atoms with E-state index in [4.69, 9.17) is 9.72 Å². The van der Waals surface area contributed by atoms with Crippen LogP contribution in [0.1, 0.15) is 17.2 Å². The van der Waals surface area contributed by atoms with E-state index in [1.165, 1.54) is 0 Å². The zero-order valence-corrected chi connectivity index (χ0v) is 14.1. The second-order valence-corrected chi connectivity index (χ2v) is 6.33. The summed E-state index contributed by atoms with van der Waals surface area (Å²) in [5, 5.41) is 3.37. The highest BCUT2D eigenvalue weighted by Gasteiger charge is 2.31. The van der Waals surface area contributed by atoms with Crippen molar-refractivity contribution in [1.29, 1.82) is 0 Å². The number of hydrogen-bond donors (Lipinski definition) is 1. The van der Waals surface area contributed by atoms with Crippen LogP contribution in [0.3, 0.4) is 0 Å². The van der Waals surface area contributed by atoms with Gasteiger partial charge in [-0.3, -0.25) is 0 Å². The van der Waals surface area contributed by atoms with Crippen molar-refractivity contribution < 1.29 is 4.74 Å². The summed E-state index contributed by atoms with van der Waals surface area (Å²) >= 11 is 0. The van der Waals surface area contributed by atoms with Crippen molar-refractivity contribution in [2.45, 2.75) is 6.04 Å². The lowest BCUT2D eigenvalue weighted by atomic mass is 9.99. The Labute approximate surface area is 149 Å². The average molecular weight is 341 g/mol. The first kappa shape index (κ1) is 14.8. The molecule has 1 atom stereocenters. The summed E-state index contributed by atoms with van der Waals surface area (Å²) in [6, 6.07) is 19.2. The van der Waals surface area contributed by atoms with Crippen LogP contribution in [-0.4, -0.2) is 17.1 Å². The first-order chi connectivity index (χ1) is 12.8. The summed E-state index contributed by atoms with van der Waals surface area (Å²) in [7, 11) is 1.64. The van der Waals surface area contributed by atoms with Crippen LogP contribution in [0.5, 0.6) is 5.75 Å². The highest BCUT2D eigenvalue weighted by atomic mass is 16.5. The Morgan fingerprint density at radius 2 is 1.81 bits per heavy atom. The molecule has 126 valence electrons. The van der Waals surface area contributed by atoms with Crippen LogP contribution in [0.2, 0.25) is 0 Å². The molecule has 1 heterocycles. The van der Waals surface area contributed by atoms with Gasteiger partial charge in [-0.1, -0.05) is 47.6 Å². The number of fused-ring (bicyclic) bond motifs is 4. The topological polar surface area (TPSA) is 67.3 Å². The lowest BCUT2D eigenvalue weighted by molar-refractivity contribution is 0.415. The van der Waals surface area contributed by atoms with Gasteiger partial charge in [0, 0.05) is 11.6 Å². The molecule has 1 aliphatic carbocycles. The number of nitrogens with zero attached hydrogens (tertiary/aromatic N) is 2. The van der Waals surface area contributed by atoms with Crippen molar-refractivity contribution in [3.05, 3.63) is 76.7 Å². The molecule has 1 N–H and O–H groups in total. The van der Waals surface area contributed by atoms with E-state index in [1.54, 1.807) is 7.11 Å². The maximum absolute atomic E-state index is 11.5. The second-order valence-electron chi connectivity index (χ2n) is 6.33. The van der Waals surface area contributed by atoms with Gasteiger partial charge in [-0.15, -0.1) is 4.91 Å². The first-order valence-corrected chi connectivity index (χ1v) is 8.39. The fourth-order valence-electron chi connectivity index (χ4n) is 3.78. The largest absolute Gasteiger partial charge is 0.497 e. The number of imidazole rings is 1. The van der Waals surface area contributed by atoms with Crippen LogP contribution in [0.15, 0.2) is 65.8 Å². The summed E-state index contributed by atoms with van der Waals surface area (Å²) in [4.78, 5) is 19.6. The Hall–Kier alpha value is -3.47.